The van der Waals surface area contributed by atoms with Crippen molar-refractivity contribution in [3.8, 4) is 0 Å². The van der Waals surface area contributed by atoms with E-state index >= 15 is 0 Å². The lowest BCUT2D eigenvalue weighted by atomic mass is 10.1. The lowest BCUT2D eigenvalue weighted by Gasteiger charge is -2.36. The van der Waals surface area contributed by atoms with E-state index in [1.807, 2.05) is 36.7 Å². The van der Waals surface area contributed by atoms with Crippen LogP contribution in [0.15, 0.2) is 30.3 Å². The Bertz CT molecular complexity index is 985. The van der Waals surface area contributed by atoms with Gasteiger partial charge in [-0.25, -0.2) is 9.07 Å². The van der Waals surface area contributed by atoms with E-state index in [-0.39, 0.29) is 17.6 Å². The quantitative estimate of drug-likeness (QED) is 0.617. The topological polar surface area (TPSA) is 73.7 Å². The van der Waals surface area contributed by atoms with Gasteiger partial charge in [0, 0.05) is 45.2 Å². The van der Waals surface area contributed by atoms with Crippen molar-refractivity contribution in [1.82, 2.24) is 20.0 Å². The molecule has 8 nitrogen and oxygen atoms in total. The third kappa shape index (κ3) is 5.19. The Kier molecular flexibility index (Phi) is 7.27. The van der Waals surface area contributed by atoms with Gasteiger partial charge in [0.15, 0.2) is 0 Å². The van der Waals surface area contributed by atoms with Gasteiger partial charge in [0.2, 0.25) is 11.8 Å². The lowest BCUT2D eigenvalue weighted by molar-refractivity contribution is -0.127. The second kappa shape index (κ2) is 10.3. The fourth-order valence-electron chi connectivity index (χ4n) is 4.71. The number of piperazine rings is 1. The number of aryl methyl sites for hydroxylation is 2. The van der Waals surface area contributed by atoms with Crippen molar-refractivity contribution in [3.05, 3.63) is 41.8 Å². The number of hydrogen-bond donors (Lipinski definition) is 1. The number of fused-ring (bicyclic) bond motifs is 1. The molecule has 33 heavy (non-hydrogen) atoms. The number of benzene rings is 1. The summed E-state index contributed by atoms with van der Waals surface area (Å²) < 4.78 is 15.8. The van der Waals surface area contributed by atoms with E-state index in [2.05, 4.69) is 20.2 Å². The Balaban J connectivity index is 1.23. The van der Waals surface area contributed by atoms with Crippen molar-refractivity contribution in [2.45, 2.75) is 45.7 Å². The Hall–Kier alpha value is -2.94. The van der Waals surface area contributed by atoms with Crippen LogP contribution in [-0.2, 0) is 16.1 Å². The van der Waals surface area contributed by atoms with Crippen molar-refractivity contribution in [2.24, 2.45) is 0 Å². The number of aromatic nitrogens is 2. The summed E-state index contributed by atoms with van der Waals surface area (Å²) in [6.07, 6.45) is 1.73. The summed E-state index contributed by atoms with van der Waals surface area (Å²) in [4.78, 5) is 31.6. The molecule has 2 aliphatic heterocycles. The number of para-hydroxylation sites is 1. The number of halogens is 1. The van der Waals surface area contributed by atoms with Gasteiger partial charge in [0.25, 0.3) is 0 Å². The molecule has 1 aromatic heterocycles. The predicted molar refractivity (Wildman–Crippen MR) is 126 cm³/mol. The Morgan fingerprint density at radius 2 is 1.94 bits per heavy atom. The molecule has 0 spiro atoms. The summed E-state index contributed by atoms with van der Waals surface area (Å²) in [5, 5.41) is 7.45. The number of hydrogen-bond acceptors (Lipinski definition) is 5. The predicted octanol–water partition coefficient (Wildman–Crippen LogP) is 2.17. The molecule has 1 atom stereocenters. The normalized spacial score (nSPS) is 17.7. The number of nitrogens with zero attached hydrogens (tertiary/aromatic N) is 5. The molecule has 0 bridgehead atoms. The number of anilines is 2. The molecule has 2 aromatic rings. The molecular weight excluding hydrogens is 423 g/mol. The van der Waals surface area contributed by atoms with Crippen LogP contribution in [0.25, 0.3) is 0 Å². The van der Waals surface area contributed by atoms with Crippen molar-refractivity contribution in [2.75, 3.05) is 49.1 Å². The first-order chi connectivity index (χ1) is 16.0. The molecule has 2 amide bonds. The van der Waals surface area contributed by atoms with Crippen LogP contribution in [0, 0.1) is 12.7 Å². The molecule has 3 heterocycles. The minimum atomic E-state index is -0.531. The molecule has 9 heteroatoms. The maximum absolute atomic E-state index is 14.0. The third-order valence-corrected chi connectivity index (χ3v) is 6.45. The molecule has 1 saturated heterocycles. The molecule has 4 rings (SSSR count). The lowest BCUT2D eigenvalue weighted by Crippen LogP contribution is -2.52. The molecule has 2 aliphatic rings. The van der Waals surface area contributed by atoms with Gasteiger partial charge in [-0.05, 0) is 38.4 Å². The van der Waals surface area contributed by atoms with Crippen molar-refractivity contribution in [3.63, 3.8) is 0 Å². The van der Waals surface area contributed by atoms with Gasteiger partial charge in [-0.15, -0.1) is 0 Å². The SMILES string of the molecule is CC[C@@H](C(=O)NCCCN1CCN(c2ccccc2F)CC1)N1C(=O)CCn2nc(C)cc21. The van der Waals surface area contributed by atoms with Crippen LogP contribution in [0.4, 0.5) is 15.9 Å². The Labute approximate surface area is 194 Å². The van der Waals surface area contributed by atoms with Gasteiger partial charge in [-0.3, -0.25) is 19.4 Å². The van der Waals surface area contributed by atoms with Gasteiger partial charge in [-0.1, -0.05) is 19.1 Å². The van der Waals surface area contributed by atoms with Crippen LogP contribution < -0.4 is 15.1 Å². The molecule has 1 N–H and O–H groups in total. The fraction of sp³-hybridized carbons (Fsp3) is 0.542. The van der Waals surface area contributed by atoms with Gasteiger partial charge in [-0.2, -0.15) is 5.10 Å². The van der Waals surface area contributed by atoms with E-state index in [1.165, 1.54) is 6.07 Å². The van der Waals surface area contributed by atoms with Crippen LogP contribution in [0.3, 0.4) is 0 Å². The van der Waals surface area contributed by atoms with Crippen molar-refractivity contribution >= 4 is 23.3 Å². The maximum Gasteiger partial charge on any atom is 0.243 e. The zero-order chi connectivity index (χ0) is 23.4. The summed E-state index contributed by atoms with van der Waals surface area (Å²) in [5.41, 5.74) is 1.51. The zero-order valence-corrected chi connectivity index (χ0v) is 19.5. The molecule has 178 valence electrons. The number of nitrogens with one attached hydrogen (secondary N) is 1. The van der Waals surface area contributed by atoms with E-state index in [0.29, 0.717) is 37.4 Å². The standard InChI is InChI=1S/C24H33FN6O2/c1-3-20(31-22-17-18(2)27-30(22)12-9-23(31)32)24(33)26-10-6-11-28-13-15-29(16-14-28)21-8-5-4-7-19(21)25/h4-5,7-8,17,20H,3,6,9-16H2,1-2H3,(H,26,33)/t20-/m0/s1. The highest BCUT2D eigenvalue weighted by Gasteiger charge is 2.34. The minimum absolute atomic E-state index is 0.0304. The fourth-order valence-corrected chi connectivity index (χ4v) is 4.71. The largest absolute Gasteiger partial charge is 0.367 e. The molecule has 0 saturated carbocycles. The Morgan fingerprint density at radius 1 is 1.18 bits per heavy atom. The van der Waals surface area contributed by atoms with Gasteiger partial charge in [0.1, 0.15) is 17.7 Å². The second-order valence-electron chi connectivity index (χ2n) is 8.73. The Morgan fingerprint density at radius 3 is 2.67 bits per heavy atom. The molecule has 1 fully saturated rings. The summed E-state index contributed by atoms with van der Waals surface area (Å²) in [6.45, 7) is 9.11. The maximum atomic E-state index is 14.0. The summed E-state index contributed by atoms with van der Waals surface area (Å²) in [5.74, 6) is 0.377. The first-order valence-corrected chi connectivity index (χ1v) is 11.8. The van der Waals surface area contributed by atoms with Crippen molar-refractivity contribution in [1.29, 1.82) is 0 Å². The molecule has 0 aliphatic carbocycles. The van der Waals surface area contributed by atoms with Crippen LogP contribution in [0.1, 0.15) is 31.9 Å². The van der Waals surface area contributed by atoms with Crippen LogP contribution in [0.5, 0.6) is 0 Å². The molecule has 0 unspecified atom stereocenters. The number of carbonyl (C=O) groups excluding carboxylic acids is 2. The van der Waals surface area contributed by atoms with E-state index < -0.39 is 6.04 Å². The number of rotatable bonds is 8. The molecular formula is C24H33FN6O2. The average molecular weight is 457 g/mol. The van der Waals surface area contributed by atoms with E-state index in [9.17, 15) is 14.0 Å². The summed E-state index contributed by atoms with van der Waals surface area (Å²) in [7, 11) is 0. The second-order valence-corrected chi connectivity index (χ2v) is 8.73. The average Bonchev–Trinajstić information content (AvgIpc) is 3.20. The minimum Gasteiger partial charge on any atom is -0.367 e. The first kappa shape index (κ1) is 23.2. The van der Waals surface area contributed by atoms with E-state index in [1.54, 1.807) is 11.0 Å². The highest BCUT2D eigenvalue weighted by molar-refractivity contribution is 6.00. The smallest absolute Gasteiger partial charge is 0.243 e. The number of amides is 2. The highest BCUT2D eigenvalue weighted by Crippen LogP contribution is 2.26. The third-order valence-electron chi connectivity index (χ3n) is 6.45. The number of carbonyl (C=O) groups is 2. The molecule has 0 radical (unpaired) electrons. The van der Waals surface area contributed by atoms with Crippen LogP contribution in [-0.4, -0.2) is 71.8 Å². The first-order valence-electron chi connectivity index (χ1n) is 11.8. The van der Waals surface area contributed by atoms with Gasteiger partial charge < -0.3 is 10.2 Å². The van der Waals surface area contributed by atoms with E-state index in [0.717, 1.165) is 44.8 Å². The van der Waals surface area contributed by atoms with Crippen LogP contribution >= 0.6 is 0 Å². The van der Waals surface area contributed by atoms with Gasteiger partial charge in [0.05, 0.1) is 17.9 Å². The monoisotopic (exact) mass is 456 g/mol. The van der Waals surface area contributed by atoms with E-state index in [4.69, 9.17) is 0 Å². The molecule has 1 aromatic carbocycles. The van der Waals surface area contributed by atoms with Crippen molar-refractivity contribution < 1.29 is 14.0 Å². The summed E-state index contributed by atoms with van der Waals surface area (Å²) in [6, 6.07) is 8.24. The highest BCUT2D eigenvalue weighted by atomic mass is 19.1. The van der Waals surface area contributed by atoms with Crippen LogP contribution in [0.2, 0.25) is 0 Å². The van der Waals surface area contributed by atoms with Gasteiger partial charge >= 0.3 is 0 Å². The zero-order valence-electron chi connectivity index (χ0n) is 19.5. The summed E-state index contributed by atoms with van der Waals surface area (Å²) >= 11 is 0.